The molecule has 1 N–H and O–H groups in total. The number of hydrogen-bond acceptors (Lipinski definition) is 3. The number of aryl methyl sites for hydroxylation is 1. The molecule has 1 aliphatic heterocycles. The Balaban J connectivity index is 1.52. The summed E-state index contributed by atoms with van der Waals surface area (Å²) in [5, 5.41) is 10.1. The van der Waals surface area contributed by atoms with Crippen molar-refractivity contribution in [2.24, 2.45) is 5.92 Å². The van der Waals surface area contributed by atoms with Crippen molar-refractivity contribution >= 4 is 12.0 Å². The minimum atomic E-state index is -0.0188. The molecule has 2 atom stereocenters. The molecule has 1 saturated heterocycles. The molecule has 3 aromatic rings. The monoisotopic (exact) mass is 425 g/mol. The highest BCUT2D eigenvalue weighted by molar-refractivity contribution is 5.57. The normalized spacial score (nSPS) is 23.5. The molecule has 0 saturated carbocycles. The van der Waals surface area contributed by atoms with E-state index < -0.39 is 0 Å². The highest BCUT2D eigenvalue weighted by Gasteiger charge is 2.41. The van der Waals surface area contributed by atoms with Crippen LogP contribution < -0.4 is 4.90 Å². The van der Waals surface area contributed by atoms with E-state index in [1.165, 1.54) is 27.9 Å². The van der Waals surface area contributed by atoms with Gasteiger partial charge in [0.2, 0.25) is 0 Å². The zero-order valence-electron chi connectivity index (χ0n) is 18.7. The second-order valence-electron chi connectivity index (χ2n) is 9.65. The molecule has 3 aromatic carbocycles. The number of nitrogens with zero attached hydrogens (tertiary/aromatic N) is 1. The number of phenolic OH excluding ortho intramolecular Hbond substituents is 1. The van der Waals surface area contributed by atoms with Crippen molar-refractivity contribution in [2.75, 3.05) is 18.0 Å². The molecule has 0 bridgehead atoms. The standard InChI is InChI=1S/C29H31NO2/c1-29(24-5-3-2-4-6-24)16-13-23-19-26(32)11-12-27(23)28(29)22-7-9-25(10-8-22)30-17-14-21(20-31)15-18-30/h2-12,19-21,28,32H,13-18H2,1H3/t28-,29-/m1/s1. The largest absolute Gasteiger partial charge is 0.508 e. The first-order valence-electron chi connectivity index (χ1n) is 11.8. The third-order valence-corrected chi connectivity index (χ3v) is 7.75. The van der Waals surface area contributed by atoms with Crippen LogP contribution in [0, 0.1) is 5.92 Å². The number of aldehydes is 1. The maximum atomic E-state index is 11.1. The van der Waals surface area contributed by atoms with Crippen LogP contribution in [0.3, 0.4) is 0 Å². The van der Waals surface area contributed by atoms with Gasteiger partial charge in [0.25, 0.3) is 0 Å². The van der Waals surface area contributed by atoms with Gasteiger partial charge in [0.05, 0.1) is 0 Å². The average Bonchev–Trinajstić information content (AvgIpc) is 2.85. The van der Waals surface area contributed by atoms with Gasteiger partial charge in [0.1, 0.15) is 12.0 Å². The Morgan fingerprint density at radius 2 is 1.69 bits per heavy atom. The van der Waals surface area contributed by atoms with Gasteiger partial charge in [0.15, 0.2) is 0 Å². The predicted octanol–water partition coefficient (Wildman–Crippen LogP) is 5.84. The molecule has 1 heterocycles. The van der Waals surface area contributed by atoms with Gasteiger partial charge in [0, 0.05) is 36.0 Å². The van der Waals surface area contributed by atoms with Crippen molar-refractivity contribution in [3.63, 3.8) is 0 Å². The summed E-state index contributed by atoms with van der Waals surface area (Å²) in [6, 6.07) is 25.8. The summed E-state index contributed by atoms with van der Waals surface area (Å²) in [4.78, 5) is 13.5. The van der Waals surface area contributed by atoms with E-state index in [-0.39, 0.29) is 17.3 Å². The third kappa shape index (κ3) is 3.70. The summed E-state index contributed by atoms with van der Waals surface area (Å²) in [5.74, 6) is 0.788. The van der Waals surface area contributed by atoms with Gasteiger partial charge in [-0.2, -0.15) is 0 Å². The fourth-order valence-electron chi connectivity index (χ4n) is 5.82. The van der Waals surface area contributed by atoms with E-state index in [1.807, 2.05) is 12.1 Å². The Bertz CT molecular complexity index is 1080. The number of phenols is 1. The summed E-state index contributed by atoms with van der Waals surface area (Å²) in [5.41, 5.74) is 6.47. The lowest BCUT2D eigenvalue weighted by molar-refractivity contribution is -0.111. The van der Waals surface area contributed by atoms with Crippen LogP contribution in [0.2, 0.25) is 0 Å². The molecule has 1 aliphatic carbocycles. The Hall–Kier alpha value is -3.07. The molecule has 3 heteroatoms. The van der Waals surface area contributed by atoms with Gasteiger partial charge < -0.3 is 14.8 Å². The maximum absolute atomic E-state index is 11.1. The Labute approximate surface area is 190 Å². The van der Waals surface area contributed by atoms with Gasteiger partial charge in [-0.3, -0.25) is 0 Å². The first-order valence-corrected chi connectivity index (χ1v) is 11.8. The summed E-state index contributed by atoms with van der Waals surface area (Å²) >= 11 is 0. The first-order chi connectivity index (χ1) is 15.6. The van der Waals surface area contributed by atoms with Crippen molar-refractivity contribution < 1.29 is 9.90 Å². The second kappa shape index (κ2) is 8.46. The van der Waals surface area contributed by atoms with Crippen molar-refractivity contribution in [1.82, 2.24) is 0 Å². The van der Waals surface area contributed by atoms with E-state index in [4.69, 9.17) is 0 Å². The zero-order valence-corrected chi connectivity index (χ0v) is 18.7. The molecule has 32 heavy (non-hydrogen) atoms. The summed E-state index contributed by atoms with van der Waals surface area (Å²) in [6.45, 7) is 4.27. The van der Waals surface area contributed by atoms with E-state index in [0.717, 1.165) is 45.1 Å². The SMILES string of the molecule is C[C@]1(c2ccccc2)CCc2cc(O)ccc2[C@H]1c1ccc(N2CCC(C=O)CC2)cc1. The first kappa shape index (κ1) is 20.8. The second-order valence-corrected chi connectivity index (χ2v) is 9.65. The number of rotatable bonds is 4. The summed E-state index contributed by atoms with van der Waals surface area (Å²) < 4.78 is 0. The Morgan fingerprint density at radius 3 is 2.38 bits per heavy atom. The fourth-order valence-corrected chi connectivity index (χ4v) is 5.82. The number of piperidine rings is 1. The van der Waals surface area contributed by atoms with Crippen LogP contribution in [-0.4, -0.2) is 24.5 Å². The average molecular weight is 426 g/mol. The summed E-state index contributed by atoms with van der Waals surface area (Å²) in [7, 11) is 0. The number of fused-ring (bicyclic) bond motifs is 1. The molecule has 1 fully saturated rings. The summed E-state index contributed by atoms with van der Waals surface area (Å²) in [6.07, 6.45) is 5.01. The van der Waals surface area contributed by atoms with Gasteiger partial charge in [-0.1, -0.05) is 55.5 Å². The topological polar surface area (TPSA) is 40.5 Å². The number of anilines is 1. The van der Waals surface area contributed by atoms with Crippen molar-refractivity contribution in [2.45, 2.75) is 43.9 Å². The Morgan fingerprint density at radius 1 is 0.969 bits per heavy atom. The van der Waals surface area contributed by atoms with Crippen LogP contribution in [-0.2, 0) is 16.6 Å². The molecule has 164 valence electrons. The lowest BCUT2D eigenvalue weighted by Gasteiger charge is -2.44. The van der Waals surface area contributed by atoms with Crippen LogP contribution >= 0.6 is 0 Å². The number of carbonyl (C=O) groups is 1. The van der Waals surface area contributed by atoms with Crippen LogP contribution in [0.15, 0.2) is 72.8 Å². The lowest BCUT2D eigenvalue weighted by Crippen LogP contribution is -2.36. The molecular weight excluding hydrogens is 394 g/mol. The van der Waals surface area contributed by atoms with E-state index in [2.05, 4.69) is 72.5 Å². The molecular formula is C29H31NO2. The smallest absolute Gasteiger partial charge is 0.123 e. The Kier molecular flexibility index (Phi) is 5.50. The predicted molar refractivity (Wildman–Crippen MR) is 130 cm³/mol. The molecule has 0 aromatic heterocycles. The van der Waals surface area contributed by atoms with Crippen molar-refractivity contribution in [3.8, 4) is 5.75 Å². The molecule has 0 amide bonds. The maximum Gasteiger partial charge on any atom is 0.123 e. The van der Waals surface area contributed by atoms with Crippen LogP contribution in [0.5, 0.6) is 5.75 Å². The molecule has 5 rings (SSSR count). The lowest BCUT2D eigenvalue weighted by atomic mass is 9.59. The van der Waals surface area contributed by atoms with E-state index in [9.17, 15) is 9.90 Å². The van der Waals surface area contributed by atoms with Gasteiger partial charge in [-0.05, 0) is 72.2 Å². The third-order valence-electron chi connectivity index (χ3n) is 7.75. The minimum absolute atomic E-state index is 0.0188. The fraction of sp³-hybridized carbons (Fsp3) is 0.345. The number of carbonyl (C=O) groups excluding carboxylic acids is 1. The minimum Gasteiger partial charge on any atom is -0.508 e. The van der Waals surface area contributed by atoms with Crippen molar-refractivity contribution in [1.29, 1.82) is 0 Å². The highest BCUT2D eigenvalue weighted by Crippen LogP contribution is 2.51. The van der Waals surface area contributed by atoms with E-state index >= 15 is 0 Å². The molecule has 0 radical (unpaired) electrons. The zero-order chi connectivity index (χ0) is 22.1. The van der Waals surface area contributed by atoms with Crippen LogP contribution in [0.1, 0.15) is 54.4 Å². The molecule has 3 nitrogen and oxygen atoms in total. The molecule has 0 unspecified atom stereocenters. The van der Waals surface area contributed by atoms with Crippen LogP contribution in [0.25, 0.3) is 0 Å². The number of benzene rings is 3. The van der Waals surface area contributed by atoms with Crippen molar-refractivity contribution in [3.05, 3.63) is 95.1 Å². The van der Waals surface area contributed by atoms with Gasteiger partial charge in [-0.15, -0.1) is 0 Å². The molecule has 2 aliphatic rings. The van der Waals surface area contributed by atoms with E-state index in [1.54, 1.807) is 0 Å². The number of hydrogen-bond donors (Lipinski definition) is 1. The van der Waals surface area contributed by atoms with Gasteiger partial charge >= 0.3 is 0 Å². The quantitative estimate of drug-likeness (QED) is 0.534. The van der Waals surface area contributed by atoms with E-state index in [0.29, 0.717) is 5.75 Å². The molecule has 0 spiro atoms. The number of aromatic hydroxyl groups is 1. The highest BCUT2D eigenvalue weighted by atomic mass is 16.3. The van der Waals surface area contributed by atoms with Crippen LogP contribution in [0.4, 0.5) is 5.69 Å². The van der Waals surface area contributed by atoms with Gasteiger partial charge in [-0.25, -0.2) is 0 Å².